The Hall–Kier alpha value is -3.54. The number of nitrogens with two attached hydrogens (primary N) is 1. The third kappa shape index (κ3) is 3.27. The van der Waals surface area contributed by atoms with Crippen molar-refractivity contribution in [3.05, 3.63) is 58.7 Å². The van der Waals surface area contributed by atoms with Gasteiger partial charge in [0.2, 0.25) is 5.91 Å². The van der Waals surface area contributed by atoms with Crippen molar-refractivity contribution in [2.24, 2.45) is 5.73 Å². The molecule has 1 aliphatic heterocycles. The van der Waals surface area contributed by atoms with Crippen LogP contribution in [0.25, 0.3) is 28.2 Å². The average molecular weight is 431 g/mol. The Bertz CT molecular complexity index is 1280. The van der Waals surface area contributed by atoms with Crippen molar-refractivity contribution < 1.29 is 19.4 Å². The van der Waals surface area contributed by atoms with Crippen LogP contribution in [-0.2, 0) is 11.3 Å². The number of aromatic nitrogens is 1. The topological polar surface area (TPSA) is 94.6 Å². The van der Waals surface area contributed by atoms with Gasteiger partial charge in [0.1, 0.15) is 5.75 Å². The lowest BCUT2D eigenvalue weighted by atomic mass is 9.81. The minimum absolute atomic E-state index is 0.215. The number of primary amides is 1. The first-order valence-electron chi connectivity index (χ1n) is 11.1. The molecule has 0 radical (unpaired) electrons. The Balaban J connectivity index is 1.87. The second-order valence-electron chi connectivity index (χ2n) is 8.71. The molecule has 1 aliphatic carbocycles. The molecule has 0 spiro atoms. The fraction of sp³-hybridized carbons (Fsp3) is 0.308. The average Bonchev–Trinajstić information content (AvgIpc) is 3.01. The number of carboxylic acid groups (broad SMARTS) is 1. The number of amides is 1. The molecule has 6 nitrogen and oxygen atoms in total. The van der Waals surface area contributed by atoms with Crippen LogP contribution in [0.15, 0.2) is 42.0 Å². The lowest BCUT2D eigenvalue weighted by molar-refractivity contribution is -0.132. The maximum absolute atomic E-state index is 12.1. The van der Waals surface area contributed by atoms with E-state index in [1.807, 2.05) is 30.3 Å². The highest BCUT2D eigenvalue weighted by molar-refractivity contribution is 6.02. The monoisotopic (exact) mass is 430 g/mol. The van der Waals surface area contributed by atoms with Gasteiger partial charge in [0.25, 0.3) is 0 Å². The molecule has 0 saturated heterocycles. The standard InChI is InChI=1S/C26H26N2O4/c1-32-19-8-10-20-17(12-19)11-18(26(30)31)14-28-22-13-16(25(27)29)7-9-21(22)23(24(20)28)15-5-3-2-4-6-15/h7-13,15H,2-6,14H2,1H3,(H2,27,29)(H,30,31). The van der Waals surface area contributed by atoms with Crippen LogP contribution in [0.2, 0.25) is 0 Å². The first-order valence-corrected chi connectivity index (χ1v) is 11.1. The Morgan fingerprint density at radius 3 is 2.56 bits per heavy atom. The van der Waals surface area contributed by atoms with Gasteiger partial charge in [-0.15, -0.1) is 0 Å². The van der Waals surface area contributed by atoms with E-state index in [1.54, 1.807) is 19.3 Å². The van der Waals surface area contributed by atoms with Crippen LogP contribution in [0, 0.1) is 0 Å². The number of carbonyl (C=O) groups excluding carboxylic acids is 1. The van der Waals surface area contributed by atoms with Crippen LogP contribution in [0.3, 0.4) is 0 Å². The lowest BCUT2D eigenvalue weighted by Gasteiger charge is -2.24. The van der Waals surface area contributed by atoms with Gasteiger partial charge in [0, 0.05) is 22.0 Å². The number of rotatable bonds is 4. The highest BCUT2D eigenvalue weighted by Crippen LogP contribution is 2.47. The molecule has 1 aromatic heterocycles. The predicted molar refractivity (Wildman–Crippen MR) is 124 cm³/mol. The third-order valence-electron chi connectivity index (χ3n) is 6.85. The smallest absolute Gasteiger partial charge is 0.333 e. The van der Waals surface area contributed by atoms with Crippen LogP contribution in [0.1, 0.15) is 59.5 Å². The molecule has 2 aliphatic rings. The molecule has 0 unspecified atom stereocenters. The van der Waals surface area contributed by atoms with Gasteiger partial charge < -0.3 is 20.1 Å². The highest BCUT2D eigenvalue weighted by atomic mass is 16.5. The van der Waals surface area contributed by atoms with Crippen molar-refractivity contribution in [1.82, 2.24) is 4.57 Å². The lowest BCUT2D eigenvalue weighted by Crippen LogP contribution is -2.12. The van der Waals surface area contributed by atoms with E-state index in [0.29, 0.717) is 17.2 Å². The zero-order valence-electron chi connectivity index (χ0n) is 18.1. The molecule has 3 aromatic rings. The second-order valence-corrected chi connectivity index (χ2v) is 8.71. The number of nitrogens with zero attached hydrogens (tertiary/aromatic N) is 1. The zero-order chi connectivity index (χ0) is 22.4. The number of carboxylic acids is 1. The molecule has 0 atom stereocenters. The van der Waals surface area contributed by atoms with Gasteiger partial charge >= 0.3 is 5.97 Å². The first kappa shape index (κ1) is 20.4. The van der Waals surface area contributed by atoms with Gasteiger partial charge in [-0.25, -0.2) is 4.79 Å². The fourth-order valence-electron chi connectivity index (χ4n) is 5.32. The summed E-state index contributed by atoms with van der Waals surface area (Å²) in [4.78, 5) is 24.0. The van der Waals surface area contributed by atoms with E-state index in [-0.39, 0.29) is 12.1 Å². The molecular formula is C26H26N2O4. The van der Waals surface area contributed by atoms with Crippen molar-refractivity contribution >= 4 is 28.9 Å². The van der Waals surface area contributed by atoms with E-state index >= 15 is 0 Å². The zero-order valence-corrected chi connectivity index (χ0v) is 18.1. The number of hydrogen-bond acceptors (Lipinski definition) is 3. The van der Waals surface area contributed by atoms with Gasteiger partial charge in [0.05, 0.1) is 24.9 Å². The van der Waals surface area contributed by atoms with Crippen LogP contribution < -0.4 is 10.5 Å². The van der Waals surface area contributed by atoms with Gasteiger partial charge in [-0.1, -0.05) is 25.3 Å². The summed E-state index contributed by atoms with van der Waals surface area (Å²) in [6.07, 6.45) is 7.56. The van der Waals surface area contributed by atoms with Gasteiger partial charge in [-0.05, 0) is 66.3 Å². The molecule has 2 aromatic carbocycles. The van der Waals surface area contributed by atoms with Gasteiger partial charge in [0.15, 0.2) is 0 Å². The largest absolute Gasteiger partial charge is 0.497 e. The van der Waals surface area contributed by atoms with E-state index in [1.165, 1.54) is 24.8 Å². The van der Waals surface area contributed by atoms with E-state index < -0.39 is 11.9 Å². The molecule has 164 valence electrons. The van der Waals surface area contributed by atoms with Crippen LogP contribution in [0.4, 0.5) is 0 Å². The summed E-state index contributed by atoms with van der Waals surface area (Å²) in [7, 11) is 1.61. The van der Waals surface area contributed by atoms with Crippen molar-refractivity contribution in [1.29, 1.82) is 0 Å². The predicted octanol–water partition coefficient (Wildman–Crippen LogP) is 4.95. The fourth-order valence-corrected chi connectivity index (χ4v) is 5.32. The summed E-state index contributed by atoms with van der Waals surface area (Å²) in [5.41, 5.74) is 11.3. The molecular weight excluding hydrogens is 404 g/mol. The molecule has 1 fully saturated rings. The number of fused-ring (bicyclic) bond motifs is 5. The number of ether oxygens (including phenoxy) is 1. The van der Waals surface area contributed by atoms with E-state index in [4.69, 9.17) is 10.5 Å². The summed E-state index contributed by atoms with van der Waals surface area (Å²) in [6, 6.07) is 11.4. The number of carbonyl (C=O) groups is 2. The van der Waals surface area contributed by atoms with Gasteiger partial charge in [-0.2, -0.15) is 0 Å². The Kier molecular flexibility index (Phi) is 5.00. The van der Waals surface area contributed by atoms with E-state index in [0.717, 1.165) is 40.6 Å². The Morgan fingerprint density at radius 1 is 1.09 bits per heavy atom. The van der Waals surface area contributed by atoms with Gasteiger partial charge in [-0.3, -0.25) is 4.79 Å². The minimum Gasteiger partial charge on any atom is -0.497 e. The highest BCUT2D eigenvalue weighted by Gasteiger charge is 2.30. The van der Waals surface area contributed by atoms with E-state index in [2.05, 4.69) is 4.57 Å². The molecule has 5 rings (SSSR count). The first-order chi connectivity index (χ1) is 15.5. The van der Waals surface area contributed by atoms with E-state index in [9.17, 15) is 14.7 Å². The second kappa shape index (κ2) is 7.86. The Labute approximate surface area is 186 Å². The van der Waals surface area contributed by atoms with Crippen molar-refractivity contribution in [2.45, 2.75) is 44.6 Å². The minimum atomic E-state index is -0.959. The van der Waals surface area contributed by atoms with Crippen LogP contribution in [-0.4, -0.2) is 28.7 Å². The summed E-state index contributed by atoms with van der Waals surface area (Å²) >= 11 is 0. The third-order valence-corrected chi connectivity index (χ3v) is 6.85. The maximum atomic E-state index is 12.1. The summed E-state index contributed by atoms with van der Waals surface area (Å²) in [6.45, 7) is 0.215. The SMILES string of the molecule is COc1ccc2c(c1)C=C(C(=O)O)Cn1c-2c(C2CCCCC2)c2ccc(C(N)=O)cc21. The Morgan fingerprint density at radius 2 is 1.88 bits per heavy atom. The number of hydrogen-bond donors (Lipinski definition) is 2. The quantitative estimate of drug-likeness (QED) is 0.613. The molecule has 3 N–H and O–H groups in total. The maximum Gasteiger partial charge on any atom is 0.333 e. The van der Waals surface area contributed by atoms with Crippen LogP contribution in [0.5, 0.6) is 5.75 Å². The molecule has 32 heavy (non-hydrogen) atoms. The van der Waals surface area contributed by atoms with Crippen LogP contribution >= 0.6 is 0 Å². The van der Waals surface area contributed by atoms with Crippen molar-refractivity contribution in [2.75, 3.05) is 7.11 Å². The summed E-state index contributed by atoms with van der Waals surface area (Å²) in [5, 5.41) is 11.0. The molecule has 6 heteroatoms. The van der Waals surface area contributed by atoms with Crippen molar-refractivity contribution in [3.8, 4) is 17.0 Å². The molecule has 1 saturated carbocycles. The normalized spacial score (nSPS) is 16.1. The molecule has 1 amide bonds. The van der Waals surface area contributed by atoms with Crippen molar-refractivity contribution in [3.63, 3.8) is 0 Å². The summed E-state index contributed by atoms with van der Waals surface area (Å²) < 4.78 is 7.48. The molecule has 0 bridgehead atoms. The summed E-state index contributed by atoms with van der Waals surface area (Å²) in [5.74, 6) is -0.374. The number of aliphatic carboxylic acids is 1. The number of benzene rings is 2. The molecule has 2 heterocycles. The number of methoxy groups -OCH3 is 1.